The Hall–Kier alpha value is -1.13. The highest BCUT2D eigenvalue weighted by atomic mass is 32.1. The molecule has 1 unspecified atom stereocenters. The molecule has 2 aromatic rings. The number of hydrogen-bond acceptors (Lipinski definition) is 2. The summed E-state index contributed by atoms with van der Waals surface area (Å²) in [5, 5.41) is 11.3. The minimum atomic E-state index is -0.880. The largest absolute Gasteiger partial charge is 0.381 e. The van der Waals surface area contributed by atoms with E-state index in [0.29, 0.717) is 10.6 Å². The van der Waals surface area contributed by atoms with Crippen LogP contribution in [0.25, 0.3) is 0 Å². The first kappa shape index (κ1) is 8.47. The molecule has 0 aliphatic heterocycles. The predicted octanol–water partition coefficient (Wildman–Crippen LogP) is 2.30. The van der Waals surface area contributed by atoms with E-state index in [1.165, 1.54) is 17.4 Å². The zero-order valence-corrected chi connectivity index (χ0v) is 7.51. The molecule has 0 bridgehead atoms. The summed E-state index contributed by atoms with van der Waals surface area (Å²) in [6, 6.07) is 4.85. The van der Waals surface area contributed by atoms with E-state index in [4.69, 9.17) is 0 Å². The Balaban J connectivity index is 2.33. The van der Waals surface area contributed by atoms with Gasteiger partial charge in [0.2, 0.25) is 0 Å². The SMILES string of the molecule is OC(c1ccc[nH]1)c1sccc1F. The number of nitrogens with one attached hydrogen (secondary N) is 1. The lowest BCUT2D eigenvalue weighted by atomic mass is 10.2. The molecule has 2 nitrogen and oxygen atoms in total. The van der Waals surface area contributed by atoms with Gasteiger partial charge in [0.1, 0.15) is 11.9 Å². The van der Waals surface area contributed by atoms with E-state index in [1.807, 2.05) is 0 Å². The number of aromatic amines is 1. The molecule has 0 saturated carbocycles. The van der Waals surface area contributed by atoms with Crippen LogP contribution in [0.15, 0.2) is 29.8 Å². The number of aromatic nitrogens is 1. The van der Waals surface area contributed by atoms with Crippen molar-refractivity contribution < 1.29 is 9.50 Å². The van der Waals surface area contributed by atoms with Gasteiger partial charge in [-0.25, -0.2) is 4.39 Å². The molecule has 0 radical (unpaired) electrons. The van der Waals surface area contributed by atoms with Gasteiger partial charge >= 0.3 is 0 Å². The van der Waals surface area contributed by atoms with Gasteiger partial charge < -0.3 is 10.1 Å². The third-order valence-corrected chi connectivity index (χ3v) is 2.75. The second kappa shape index (κ2) is 3.32. The molecular weight excluding hydrogens is 189 g/mol. The maximum absolute atomic E-state index is 13.0. The van der Waals surface area contributed by atoms with Gasteiger partial charge in [-0.3, -0.25) is 0 Å². The first-order valence-electron chi connectivity index (χ1n) is 3.83. The summed E-state index contributed by atoms with van der Waals surface area (Å²) in [6.07, 6.45) is 0.819. The fourth-order valence-electron chi connectivity index (χ4n) is 1.16. The van der Waals surface area contributed by atoms with Crippen LogP contribution in [0.5, 0.6) is 0 Å². The molecule has 2 aromatic heterocycles. The van der Waals surface area contributed by atoms with Crippen LogP contribution >= 0.6 is 11.3 Å². The van der Waals surface area contributed by atoms with Crippen molar-refractivity contribution in [3.63, 3.8) is 0 Å². The molecule has 2 rings (SSSR count). The van der Waals surface area contributed by atoms with Crippen LogP contribution in [0.1, 0.15) is 16.7 Å². The lowest BCUT2D eigenvalue weighted by Gasteiger charge is -2.05. The minimum absolute atomic E-state index is 0.349. The number of aliphatic hydroxyl groups is 1. The second-order valence-electron chi connectivity index (χ2n) is 2.66. The van der Waals surface area contributed by atoms with Crippen LogP contribution < -0.4 is 0 Å². The van der Waals surface area contributed by atoms with Crippen molar-refractivity contribution in [2.75, 3.05) is 0 Å². The number of H-pyrrole nitrogens is 1. The molecule has 0 spiro atoms. The Morgan fingerprint density at radius 3 is 2.85 bits per heavy atom. The number of aliphatic hydroxyl groups excluding tert-OH is 1. The Bertz CT molecular complexity index is 382. The van der Waals surface area contributed by atoms with Crippen molar-refractivity contribution in [1.29, 1.82) is 0 Å². The van der Waals surface area contributed by atoms with Crippen molar-refractivity contribution in [2.24, 2.45) is 0 Å². The molecule has 2 heterocycles. The highest BCUT2D eigenvalue weighted by molar-refractivity contribution is 7.10. The quantitative estimate of drug-likeness (QED) is 0.761. The van der Waals surface area contributed by atoms with E-state index >= 15 is 0 Å². The van der Waals surface area contributed by atoms with Crippen molar-refractivity contribution in [3.05, 3.63) is 46.2 Å². The molecule has 0 aromatic carbocycles. The topological polar surface area (TPSA) is 36.0 Å². The average molecular weight is 197 g/mol. The van der Waals surface area contributed by atoms with Crippen molar-refractivity contribution >= 4 is 11.3 Å². The summed E-state index contributed by atoms with van der Waals surface area (Å²) in [5.74, 6) is -0.355. The summed E-state index contributed by atoms with van der Waals surface area (Å²) >= 11 is 1.21. The fraction of sp³-hybridized carbons (Fsp3) is 0.111. The molecule has 1 atom stereocenters. The van der Waals surface area contributed by atoms with E-state index in [-0.39, 0.29) is 5.82 Å². The summed E-state index contributed by atoms with van der Waals surface area (Å²) in [5.41, 5.74) is 0.612. The monoisotopic (exact) mass is 197 g/mol. The van der Waals surface area contributed by atoms with Crippen molar-refractivity contribution in [1.82, 2.24) is 4.98 Å². The molecular formula is C9H8FNOS. The lowest BCUT2D eigenvalue weighted by molar-refractivity contribution is 0.215. The van der Waals surface area contributed by atoms with E-state index in [0.717, 1.165) is 0 Å². The average Bonchev–Trinajstić information content (AvgIpc) is 2.72. The first-order valence-corrected chi connectivity index (χ1v) is 4.71. The van der Waals surface area contributed by atoms with Gasteiger partial charge in [-0.05, 0) is 23.6 Å². The van der Waals surface area contributed by atoms with Crippen LogP contribution in [0.4, 0.5) is 4.39 Å². The molecule has 0 saturated heterocycles. The number of hydrogen-bond donors (Lipinski definition) is 2. The van der Waals surface area contributed by atoms with Gasteiger partial charge in [0, 0.05) is 11.9 Å². The van der Waals surface area contributed by atoms with Gasteiger partial charge in [-0.2, -0.15) is 0 Å². The molecule has 0 fully saturated rings. The second-order valence-corrected chi connectivity index (χ2v) is 3.61. The van der Waals surface area contributed by atoms with Gasteiger partial charge in [-0.1, -0.05) is 0 Å². The zero-order valence-electron chi connectivity index (χ0n) is 6.70. The molecule has 0 aliphatic rings. The molecule has 68 valence electrons. The zero-order chi connectivity index (χ0) is 9.26. The Morgan fingerprint density at radius 1 is 1.46 bits per heavy atom. The van der Waals surface area contributed by atoms with Crippen LogP contribution in [0.3, 0.4) is 0 Å². The summed E-state index contributed by atoms with van der Waals surface area (Å²) in [6.45, 7) is 0. The number of rotatable bonds is 2. The standard InChI is InChI=1S/C9H8FNOS/c10-6-3-5-13-9(6)8(12)7-2-1-4-11-7/h1-5,8,11-12H. The maximum Gasteiger partial charge on any atom is 0.140 e. The Kier molecular flexibility index (Phi) is 2.16. The van der Waals surface area contributed by atoms with Crippen LogP contribution in [-0.4, -0.2) is 10.1 Å². The number of thiophene rings is 1. The van der Waals surface area contributed by atoms with Gasteiger partial charge in [0.25, 0.3) is 0 Å². The maximum atomic E-state index is 13.0. The highest BCUT2D eigenvalue weighted by Crippen LogP contribution is 2.27. The van der Waals surface area contributed by atoms with E-state index in [2.05, 4.69) is 4.98 Å². The lowest BCUT2D eigenvalue weighted by Crippen LogP contribution is -1.98. The van der Waals surface area contributed by atoms with Crippen molar-refractivity contribution in [3.8, 4) is 0 Å². The van der Waals surface area contributed by atoms with E-state index in [9.17, 15) is 9.50 Å². The van der Waals surface area contributed by atoms with E-state index in [1.54, 1.807) is 23.7 Å². The third-order valence-electron chi connectivity index (χ3n) is 1.81. The highest BCUT2D eigenvalue weighted by Gasteiger charge is 2.16. The molecule has 0 aliphatic carbocycles. The summed E-state index contributed by atoms with van der Waals surface area (Å²) in [4.78, 5) is 3.19. The van der Waals surface area contributed by atoms with Crippen LogP contribution in [0, 0.1) is 5.82 Å². The third kappa shape index (κ3) is 1.50. The molecule has 0 amide bonds. The van der Waals surface area contributed by atoms with Crippen LogP contribution in [0.2, 0.25) is 0 Å². The van der Waals surface area contributed by atoms with E-state index < -0.39 is 6.10 Å². The van der Waals surface area contributed by atoms with Crippen molar-refractivity contribution in [2.45, 2.75) is 6.10 Å². The smallest absolute Gasteiger partial charge is 0.140 e. The van der Waals surface area contributed by atoms with Crippen LogP contribution in [-0.2, 0) is 0 Å². The molecule has 2 N–H and O–H groups in total. The van der Waals surface area contributed by atoms with Gasteiger partial charge in [0.05, 0.1) is 4.88 Å². The molecule has 13 heavy (non-hydrogen) atoms. The summed E-state index contributed by atoms with van der Waals surface area (Å²) < 4.78 is 13.0. The number of halogens is 1. The molecule has 4 heteroatoms. The summed E-state index contributed by atoms with van der Waals surface area (Å²) in [7, 11) is 0. The predicted molar refractivity (Wildman–Crippen MR) is 49.1 cm³/mol. The van der Waals surface area contributed by atoms with Gasteiger partial charge in [0.15, 0.2) is 0 Å². The minimum Gasteiger partial charge on any atom is -0.381 e. The Labute approximate surface area is 78.7 Å². The van der Waals surface area contributed by atoms with Gasteiger partial charge in [-0.15, -0.1) is 11.3 Å². The first-order chi connectivity index (χ1) is 6.29. The fourth-order valence-corrected chi connectivity index (χ4v) is 1.93. The Morgan fingerprint density at radius 2 is 2.31 bits per heavy atom. The normalized spacial score (nSPS) is 13.1.